The fraction of sp³-hybridized carbons (Fsp3) is 0.692. The summed E-state index contributed by atoms with van der Waals surface area (Å²) in [4.78, 5) is 48.5. The SMILES string of the molecule is C[C@@H]1CN(C(=O)CCN2C(=O)CCC2=O)C[C@H]1C(=O)O. The van der Waals surface area contributed by atoms with Crippen molar-refractivity contribution in [1.82, 2.24) is 9.80 Å². The Kier molecular flexibility index (Phi) is 4.06. The van der Waals surface area contributed by atoms with Crippen molar-refractivity contribution in [2.45, 2.75) is 26.2 Å². The van der Waals surface area contributed by atoms with E-state index in [1.54, 1.807) is 6.92 Å². The molecular formula is C13H18N2O5. The Labute approximate surface area is 116 Å². The Balaban J connectivity index is 1.86. The van der Waals surface area contributed by atoms with Gasteiger partial charge in [0.1, 0.15) is 0 Å². The highest BCUT2D eigenvalue weighted by molar-refractivity contribution is 6.02. The Morgan fingerprint density at radius 3 is 2.30 bits per heavy atom. The highest BCUT2D eigenvalue weighted by atomic mass is 16.4. The van der Waals surface area contributed by atoms with E-state index in [-0.39, 0.29) is 56.0 Å². The van der Waals surface area contributed by atoms with Crippen LogP contribution in [0.5, 0.6) is 0 Å². The second-order valence-electron chi connectivity index (χ2n) is 5.41. The summed E-state index contributed by atoms with van der Waals surface area (Å²) in [5.41, 5.74) is 0. The molecule has 0 unspecified atom stereocenters. The van der Waals surface area contributed by atoms with E-state index < -0.39 is 11.9 Å². The van der Waals surface area contributed by atoms with Crippen LogP contribution in [-0.2, 0) is 19.2 Å². The van der Waals surface area contributed by atoms with Crippen molar-refractivity contribution in [1.29, 1.82) is 0 Å². The molecule has 0 radical (unpaired) electrons. The molecule has 0 aromatic heterocycles. The lowest BCUT2D eigenvalue weighted by atomic mass is 9.99. The van der Waals surface area contributed by atoms with Crippen molar-refractivity contribution in [2.24, 2.45) is 11.8 Å². The van der Waals surface area contributed by atoms with Crippen LogP contribution in [-0.4, -0.2) is 58.2 Å². The van der Waals surface area contributed by atoms with Gasteiger partial charge in [-0.25, -0.2) is 0 Å². The maximum absolute atomic E-state index is 12.0. The first-order valence-electron chi connectivity index (χ1n) is 6.74. The summed E-state index contributed by atoms with van der Waals surface area (Å²) in [6, 6.07) is 0. The summed E-state index contributed by atoms with van der Waals surface area (Å²) < 4.78 is 0. The van der Waals surface area contributed by atoms with Crippen LogP contribution < -0.4 is 0 Å². The minimum Gasteiger partial charge on any atom is -0.481 e. The topological polar surface area (TPSA) is 95.0 Å². The molecule has 0 aromatic carbocycles. The number of carbonyl (C=O) groups excluding carboxylic acids is 3. The van der Waals surface area contributed by atoms with E-state index in [1.807, 2.05) is 0 Å². The van der Waals surface area contributed by atoms with Crippen molar-refractivity contribution >= 4 is 23.7 Å². The molecule has 2 rings (SSSR count). The minimum atomic E-state index is -0.891. The first-order chi connectivity index (χ1) is 9.40. The average Bonchev–Trinajstić information content (AvgIpc) is 2.91. The Morgan fingerprint density at radius 1 is 1.20 bits per heavy atom. The molecule has 2 aliphatic heterocycles. The molecule has 2 aliphatic rings. The van der Waals surface area contributed by atoms with Crippen molar-refractivity contribution < 1.29 is 24.3 Å². The zero-order valence-corrected chi connectivity index (χ0v) is 11.4. The third-order valence-electron chi connectivity index (χ3n) is 3.99. The maximum atomic E-state index is 12.0. The Bertz CT molecular complexity index is 446. The molecule has 2 fully saturated rings. The van der Waals surface area contributed by atoms with Gasteiger partial charge >= 0.3 is 5.97 Å². The molecular weight excluding hydrogens is 264 g/mol. The standard InChI is InChI=1S/C13H18N2O5/c1-8-6-14(7-9(8)13(19)20)10(16)4-5-15-11(17)2-3-12(15)18/h8-9H,2-7H2,1H3,(H,19,20)/t8-,9-/m1/s1. The second kappa shape index (κ2) is 5.60. The molecule has 0 spiro atoms. The van der Waals surface area contributed by atoms with E-state index in [9.17, 15) is 19.2 Å². The molecule has 7 nitrogen and oxygen atoms in total. The highest BCUT2D eigenvalue weighted by Gasteiger charge is 2.37. The van der Waals surface area contributed by atoms with Crippen molar-refractivity contribution in [3.63, 3.8) is 0 Å². The number of hydrogen-bond acceptors (Lipinski definition) is 4. The summed E-state index contributed by atoms with van der Waals surface area (Å²) in [5, 5.41) is 9.02. The molecule has 0 aliphatic carbocycles. The zero-order valence-electron chi connectivity index (χ0n) is 11.4. The van der Waals surface area contributed by atoms with Gasteiger partial charge in [0.25, 0.3) is 0 Å². The summed E-state index contributed by atoms with van der Waals surface area (Å²) in [7, 11) is 0. The molecule has 20 heavy (non-hydrogen) atoms. The molecule has 3 amide bonds. The molecule has 7 heteroatoms. The quantitative estimate of drug-likeness (QED) is 0.715. The van der Waals surface area contributed by atoms with E-state index in [0.717, 1.165) is 4.90 Å². The Hall–Kier alpha value is -1.92. The summed E-state index contributed by atoms with van der Waals surface area (Å²) in [5.74, 6) is -2.17. The van der Waals surface area contributed by atoms with Gasteiger partial charge in [0, 0.05) is 38.9 Å². The van der Waals surface area contributed by atoms with Gasteiger partial charge in [0.05, 0.1) is 5.92 Å². The predicted molar refractivity (Wildman–Crippen MR) is 67.4 cm³/mol. The van der Waals surface area contributed by atoms with Gasteiger partial charge in [-0.15, -0.1) is 0 Å². The van der Waals surface area contributed by atoms with Crippen molar-refractivity contribution in [3.8, 4) is 0 Å². The number of carbonyl (C=O) groups is 4. The van der Waals surface area contributed by atoms with E-state index in [0.29, 0.717) is 6.54 Å². The highest BCUT2D eigenvalue weighted by Crippen LogP contribution is 2.24. The first-order valence-corrected chi connectivity index (χ1v) is 6.74. The largest absolute Gasteiger partial charge is 0.481 e. The lowest BCUT2D eigenvalue weighted by molar-refractivity contribution is -0.142. The third-order valence-corrected chi connectivity index (χ3v) is 3.99. The molecule has 1 N–H and O–H groups in total. The maximum Gasteiger partial charge on any atom is 0.308 e. The van der Waals surface area contributed by atoms with Gasteiger partial charge in [-0.05, 0) is 5.92 Å². The van der Waals surface area contributed by atoms with Crippen LogP contribution in [0.3, 0.4) is 0 Å². The van der Waals surface area contributed by atoms with Crippen molar-refractivity contribution in [3.05, 3.63) is 0 Å². The lowest BCUT2D eigenvalue weighted by Crippen LogP contribution is -2.36. The number of imide groups is 1. The van der Waals surface area contributed by atoms with Gasteiger partial charge < -0.3 is 10.0 Å². The summed E-state index contributed by atoms with van der Waals surface area (Å²) >= 11 is 0. The number of carboxylic acid groups (broad SMARTS) is 1. The average molecular weight is 282 g/mol. The minimum absolute atomic E-state index is 0.0660. The molecule has 2 atom stereocenters. The number of aliphatic carboxylic acids is 1. The normalized spacial score (nSPS) is 26.4. The van der Waals surface area contributed by atoms with Crippen LogP contribution in [0.15, 0.2) is 0 Å². The number of likely N-dealkylation sites (tertiary alicyclic amines) is 2. The number of amides is 3. The first kappa shape index (κ1) is 14.5. The van der Waals surface area contributed by atoms with Crippen LogP contribution >= 0.6 is 0 Å². The van der Waals surface area contributed by atoms with Crippen LogP contribution in [0.2, 0.25) is 0 Å². The second-order valence-corrected chi connectivity index (χ2v) is 5.41. The van der Waals surface area contributed by atoms with Gasteiger partial charge in [-0.3, -0.25) is 24.1 Å². The zero-order chi connectivity index (χ0) is 14.9. The molecule has 0 aromatic rings. The molecule has 0 bridgehead atoms. The van der Waals surface area contributed by atoms with Gasteiger partial charge in [-0.1, -0.05) is 6.92 Å². The molecule has 2 saturated heterocycles. The summed E-state index contributed by atoms with van der Waals surface area (Å²) in [6.45, 7) is 2.52. The van der Waals surface area contributed by atoms with E-state index in [1.165, 1.54) is 4.90 Å². The van der Waals surface area contributed by atoms with Crippen molar-refractivity contribution in [2.75, 3.05) is 19.6 Å². The molecule has 2 heterocycles. The van der Waals surface area contributed by atoms with Crippen LogP contribution in [0.25, 0.3) is 0 Å². The van der Waals surface area contributed by atoms with Crippen LogP contribution in [0, 0.1) is 11.8 Å². The lowest BCUT2D eigenvalue weighted by Gasteiger charge is -2.18. The third kappa shape index (κ3) is 2.81. The molecule has 110 valence electrons. The van der Waals surface area contributed by atoms with Gasteiger partial charge in [0.15, 0.2) is 0 Å². The van der Waals surface area contributed by atoms with E-state index >= 15 is 0 Å². The number of rotatable bonds is 4. The predicted octanol–water partition coefficient (Wildman–Crippen LogP) is -0.295. The Morgan fingerprint density at radius 2 is 1.80 bits per heavy atom. The van der Waals surface area contributed by atoms with Gasteiger partial charge in [-0.2, -0.15) is 0 Å². The number of nitrogens with zero attached hydrogens (tertiary/aromatic N) is 2. The number of hydrogen-bond donors (Lipinski definition) is 1. The van der Waals surface area contributed by atoms with Crippen LogP contribution in [0.4, 0.5) is 0 Å². The fourth-order valence-corrected chi connectivity index (χ4v) is 2.73. The summed E-state index contributed by atoms with van der Waals surface area (Å²) in [6.07, 6.45) is 0.500. The van der Waals surface area contributed by atoms with E-state index in [4.69, 9.17) is 5.11 Å². The fourth-order valence-electron chi connectivity index (χ4n) is 2.73. The number of carboxylic acids is 1. The van der Waals surface area contributed by atoms with E-state index in [2.05, 4.69) is 0 Å². The van der Waals surface area contributed by atoms with Gasteiger partial charge in [0.2, 0.25) is 17.7 Å². The smallest absolute Gasteiger partial charge is 0.308 e. The van der Waals surface area contributed by atoms with Crippen LogP contribution in [0.1, 0.15) is 26.2 Å². The monoisotopic (exact) mass is 282 g/mol. The molecule has 0 saturated carbocycles.